The minimum Gasteiger partial charge on any atom is -0.494 e. The molecule has 1 fully saturated rings. The molecule has 1 aliphatic carbocycles. The van der Waals surface area contributed by atoms with Crippen LogP contribution in [0.15, 0.2) is 36.7 Å². The van der Waals surface area contributed by atoms with Crippen molar-refractivity contribution in [1.29, 1.82) is 0 Å². The molecular weight excluding hydrogens is 255 g/mol. The molecule has 0 radical (unpaired) electrons. The van der Waals surface area contributed by atoms with Crippen LogP contribution in [-0.2, 0) is 13.1 Å². The van der Waals surface area contributed by atoms with E-state index in [-0.39, 0.29) is 11.6 Å². The van der Waals surface area contributed by atoms with E-state index < -0.39 is 0 Å². The van der Waals surface area contributed by atoms with Crippen LogP contribution < -0.4 is 10.1 Å². The number of rotatable bonds is 6. The Balaban J connectivity index is 1.63. The van der Waals surface area contributed by atoms with Crippen molar-refractivity contribution < 1.29 is 9.13 Å². The molecule has 2 aromatic rings. The van der Waals surface area contributed by atoms with E-state index in [0.29, 0.717) is 12.6 Å². The Labute approximate surface area is 118 Å². The van der Waals surface area contributed by atoms with E-state index in [1.54, 1.807) is 6.07 Å². The summed E-state index contributed by atoms with van der Waals surface area (Å²) < 4.78 is 20.6. The summed E-state index contributed by atoms with van der Waals surface area (Å²) >= 11 is 0. The van der Waals surface area contributed by atoms with Crippen molar-refractivity contribution in [3.05, 3.63) is 53.6 Å². The number of benzene rings is 1. The summed E-state index contributed by atoms with van der Waals surface area (Å²) in [6, 6.07) is 7.92. The molecule has 0 spiro atoms. The monoisotopic (exact) mass is 274 g/mol. The summed E-state index contributed by atoms with van der Waals surface area (Å²) in [5.74, 6) is -0.0247. The van der Waals surface area contributed by atoms with Gasteiger partial charge in [0.05, 0.1) is 7.11 Å². The fourth-order valence-electron chi connectivity index (χ4n) is 2.26. The molecule has 1 heterocycles. The molecule has 1 aromatic carbocycles. The molecule has 4 heteroatoms. The molecule has 106 valence electrons. The largest absolute Gasteiger partial charge is 0.494 e. The van der Waals surface area contributed by atoms with Gasteiger partial charge in [-0.1, -0.05) is 6.07 Å². The van der Waals surface area contributed by atoms with Crippen LogP contribution in [0, 0.1) is 5.82 Å². The van der Waals surface area contributed by atoms with Crippen molar-refractivity contribution in [3.63, 3.8) is 0 Å². The fourth-order valence-corrected chi connectivity index (χ4v) is 2.26. The highest BCUT2D eigenvalue weighted by Gasteiger charge is 2.19. The summed E-state index contributed by atoms with van der Waals surface area (Å²) in [5.41, 5.74) is 2.20. The summed E-state index contributed by atoms with van der Waals surface area (Å²) in [7, 11) is 1.48. The number of nitrogens with zero attached hydrogens (tertiary/aromatic N) is 1. The maximum Gasteiger partial charge on any atom is 0.165 e. The number of hydrogen-bond acceptors (Lipinski definition) is 2. The minimum atomic E-state index is -0.312. The van der Waals surface area contributed by atoms with Gasteiger partial charge in [0.25, 0.3) is 0 Å². The highest BCUT2D eigenvalue weighted by molar-refractivity contribution is 5.29. The molecule has 0 bridgehead atoms. The zero-order chi connectivity index (χ0) is 13.9. The molecule has 0 atom stereocenters. The number of nitrogens with one attached hydrogen (secondary N) is 1. The van der Waals surface area contributed by atoms with Gasteiger partial charge in [0.2, 0.25) is 0 Å². The molecular formula is C16H19FN2O. The maximum atomic E-state index is 13.6. The lowest BCUT2D eigenvalue weighted by Crippen LogP contribution is -2.14. The van der Waals surface area contributed by atoms with Crippen LogP contribution in [-0.4, -0.2) is 17.7 Å². The van der Waals surface area contributed by atoms with Gasteiger partial charge in [-0.15, -0.1) is 0 Å². The predicted molar refractivity (Wildman–Crippen MR) is 76.3 cm³/mol. The maximum absolute atomic E-state index is 13.6. The second-order valence-electron chi connectivity index (χ2n) is 5.32. The third kappa shape index (κ3) is 3.20. The van der Waals surface area contributed by atoms with Gasteiger partial charge in [-0.25, -0.2) is 4.39 Å². The molecule has 0 saturated heterocycles. The van der Waals surface area contributed by atoms with E-state index in [0.717, 1.165) is 12.1 Å². The number of methoxy groups -OCH3 is 1. The fraction of sp³-hybridized carbons (Fsp3) is 0.375. The molecule has 1 saturated carbocycles. The van der Waals surface area contributed by atoms with Crippen molar-refractivity contribution in [3.8, 4) is 5.75 Å². The molecule has 0 aliphatic heterocycles. The van der Waals surface area contributed by atoms with Crippen LogP contribution in [0.1, 0.15) is 24.0 Å². The highest BCUT2D eigenvalue weighted by Crippen LogP contribution is 2.20. The van der Waals surface area contributed by atoms with Crippen LogP contribution in [0.2, 0.25) is 0 Å². The van der Waals surface area contributed by atoms with Gasteiger partial charge in [0, 0.05) is 31.5 Å². The smallest absolute Gasteiger partial charge is 0.165 e. The van der Waals surface area contributed by atoms with Crippen LogP contribution in [0.3, 0.4) is 0 Å². The highest BCUT2D eigenvalue weighted by atomic mass is 19.1. The van der Waals surface area contributed by atoms with Crippen molar-refractivity contribution in [1.82, 2.24) is 9.88 Å². The predicted octanol–water partition coefficient (Wildman–Crippen LogP) is 2.94. The Bertz CT molecular complexity index is 590. The lowest BCUT2D eigenvalue weighted by atomic mass is 10.2. The molecule has 3 rings (SSSR count). The normalized spacial score (nSPS) is 14.5. The molecule has 3 nitrogen and oxygen atoms in total. The lowest BCUT2D eigenvalue weighted by Gasteiger charge is -2.06. The van der Waals surface area contributed by atoms with Gasteiger partial charge < -0.3 is 14.6 Å². The third-order valence-electron chi connectivity index (χ3n) is 3.57. The second kappa shape index (κ2) is 5.67. The van der Waals surface area contributed by atoms with Gasteiger partial charge >= 0.3 is 0 Å². The standard InChI is InChI=1S/C16H19FN2O/c1-20-16-5-2-12(8-15(16)17)10-19-7-6-13(11-19)9-18-14-3-4-14/h2,5-8,11,14,18H,3-4,9-10H2,1H3. The SMILES string of the molecule is COc1ccc(Cn2ccc(CNC3CC3)c2)cc1F. The Morgan fingerprint density at radius 2 is 2.15 bits per heavy atom. The van der Waals surface area contributed by atoms with Gasteiger partial charge in [0.1, 0.15) is 0 Å². The van der Waals surface area contributed by atoms with Gasteiger partial charge in [-0.3, -0.25) is 0 Å². The van der Waals surface area contributed by atoms with Crippen LogP contribution in [0.5, 0.6) is 5.75 Å². The topological polar surface area (TPSA) is 26.2 Å². The van der Waals surface area contributed by atoms with Crippen molar-refractivity contribution in [2.24, 2.45) is 0 Å². The number of halogens is 1. The first-order valence-electron chi connectivity index (χ1n) is 6.95. The zero-order valence-corrected chi connectivity index (χ0v) is 11.6. The van der Waals surface area contributed by atoms with E-state index in [1.807, 2.05) is 12.3 Å². The third-order valence-corrected chi connectivity index (χ3v) is 3.57. The van der Waals surface area contributed by atoms with E-state index in [1.165, 1.54) is 31.6 Å². The quantitative estimate of drug-likeness (QED) is 0.876. The molecule has 0 amide bonds. The number of hydrogen-bond donors (Lipinski definition) is 1. The summed E-state index contributed by atoms with van der Waals surface area (Å²) in [5, 5.41) is 3.48. The summed E-state index contributed by atoms with van der Waals surface area (Å²) in [6.07, 6.45) is 6.74. The van der Waals surface area contributed by atoms with E-state index in [4.69, 9.17) is 4.74 Å². The van der Waals surface area contributed by atoms with Crippen molar-refractivity contribution in [2.75, 3.05) is 7.11 Å². The second-order valence-corrected chi connectivity index (χ2v) is 5.32. The number of ether oxygens (including phenoxy) is 1. The van der Waals surface area contributed by atoms with E-state index in [2.05, 4.69) is 22.1 Å². The van der Waals surface area contributed by atoms with E-state index in [9.17, 15) is 4.39 Å². The van der Waals surface area contributed by atoms with Crippen molar-refractivity contribution in [2.45, 2.75) is 32.0 Å². The first kappa shape index (κ1) is 13.2. The first-order valence-corrected chi connectivity index (χ1v) is 6.95. The average molecular weight is 274 g/mol. The van der Waals surface area contributed by atoms with Gasteiger partial charge in [-0.2, -0.15) is 0 Å². The first-order chi connectivity index (χ1) is 9.74. The lowest BCUT2D eigenvalue weighted by molar-refractivity contribution is 0.386. The molecule has 0 unspecified atom stereocenters. The van der Waals surface area contributed by atoms with Crippen LogP contribution in [0.25, 0.3) is 0 Å². The molecule has 1 aromatic heterocycles. The van der Waals surface area contributed by atoms with E-state index >= 15 is 0 Å². The Kier molecular flexibility index (Phi) is 3.74. The molecule has 20 heavy (non-hydrogen) atoms. The molecule has 1 N–H and O–H groups in total. The van der Waals surface area contributed by atoms with Gasteiger partial charge in [-0.05, 0) is 42.2 Å². The number of aromatic nitrogens is 1. The molecule has 1 aliphatic rings. The van der Waals surface area contributed by atoms with Gasteiger partial charge in [0.15, 0.2) is 11.6 Å². The Morgan fingerprint density at radius 3 is 2.85 bits per heavy atom. The Hall–Kier alpha value is -1.81. The average Bonchev–Trinajstić information content (AvgIpc) is 3.17. The summed E-state index contributed by atoms with van der Waals surface area (Å²) in [6.45, 7) is 1.58. The summed E-state index contributed by atoms with van der Waals surface area (Å²) in [4.78, 5) is 0. The van der Waals surface area contributed by atoms with Crippen LogP contribution in [0.4, 0.5) is 4.39 Å². The minimum absolute atomic E-state index is 0.288. The van der Waals surface area contributed by atoms with Crippen LogP contribution >= 0.6 is 0 Å². The Morgan fingerprint density at radius 1 is 1.30 bits per heavy atom. The zero-order valence-electron chi connectivity index (χ0n) is 11.6. The van der Waals surface area contributed by atoms with Crippen molar-refractivity contribution >= 4 is 0 Å².